The number of hydrogen-bond acceptors (Lipinski definition) is 6. The van der Waals surface area contributed by atoms with Crippen LogP contribution in [0.1, 0.15) is 19.3 Å². The maximum absolute atomic E-state index is 12.2. The molecule has 0 saturated heterocycles. The second kappa shape index (κ2) is 7.87. The number of amides is 1. The molecule has 2 rings (SSSR count). The molecule has 0 fully saturated rings. The van der Waals surface area contributed by atoms with Gasteiger partial charge in [-0.15, -0.1) is 11.3 Å². The van der Waals surface area contributed by atoms with Crippen molar-refractivity contribution in [2.24, 2.45) is 0 Å². The maximum Gasteiger partial charge on any atom is 0.305 e. The summed E-state index contributed by atoms with van der Waals surface area (Å²) in [6.07, 6.45) is 2.53. The highest BCUT2D eigenvalue weighted by molar-refractivity contribution is 7.16. The van der Waals surface area contributed by atoms with Gasteiger partial charge in [-0.25, -0.2) is 4.98 Å². The summed E-state index contributed by atoms with van der Waals surface area (Å²) in [5.41, 5.74) is -0.127. The van der Waals surface area contributed by atoms with Crippen LogP contribution in [-0.2, 0) is 20.9 Å². The van der Waals surface area contributed by atoms with E-state index in [-0.39, 0.29) is 36.8 Å². The van der Waals surface area contributed by atoms with Crippen molar-refractivity contribution in [2.75, 3.05) is 20.7 Å². The molecule has 8 heteroatoms. The third kappa shape index (κ3) is 4.38. The van der Waals surface area contributed by atoms with Gasteiger partial charge in [0.1, 0.15) is 4.83 Å². The normalized spacial score (nSPS) is 10.7. The molecule has 0 atom stereocenters. The quantitative estimate of drug-likeness (QED) is 0.711. The number of thiophene rings is 1. The molecule has 0 spiro atoms. The van der Waals surface area contributed by atoms with E-state index in [9.17, 15) is 14.4 Å². The van der Waals surface area contributed by atoms with Crippen LogP contribution in [-0.4, -0.2) is 47.0 Å². The monoisotopic (exact) mass is 337 g/mol. The van der Waals surface area contributed by atoms with Gasteiger partial charge in [-0.05, 0) is 17.9 Å². The number of ether oxygens (including phenoxy) is 1. The fourth-order valence-corrected chi connectivity index (χ4v) is 2.87. The van der Waals surface area contributed by atoms with Gasteiger partial charge in [0.05, 0.1) is 18.8 Å². The Morgan fingerprint density at radius 1 is 1.39 bits per heavy atom. The number of esters is 1. The van der Waals surface area contributed by atoms with E-state index in [0.29, 0.717) is 23.2 Å². The van der Waals surface area contributed by atoms with Crippen LogP contribution in [0.5, 0.6) is 0 Å². The van der Waals surface area contributed by atoms with Crippen molar-refractivity contribution >= 4 is 33.4 Å². The number of hydrogen-bond donors (Lipinski definition) is 0. The topological polar surface area (TPSA) is 81.5 Å². The minimum atomic E-state index is -0.285. The van der Waals surface area contributed by atoms with Crippen LogP contribution >= 0.6 is 11.3 Å². The Labute approximate surface area is 137 Å². The van der Waals surface area contributed by atoms with Gasteiger partial charge in [0.2, 0.25) is 5.91 Å². The minimum absolute atomic E-state index is 0.0767. The van der Waals surface area contributed by atoms with Crippen LogP contribution in [0.3, 0.4) is 0 Å². The first-order valence-corrected chi connectivity index (χ1v) is 8.14. The highest BCUT2D eigenvalue weighted by Gasteiger charge is 2.11. The second-order valence-electron chi connectivity index (χ2n) is 5.13. The van der Waals surface area contributed by atoms with Gasteiger partial charge in [0.25, 0.3) is 5.56 Å². The van der Waals surface area contributed by atoms with E-state index in [1.165, 1.54) is 29.3 Å². The Kier molecular flexibility index (Phi) is 5.86. The van der Waals surface area contributed by atoms with Crippen LogP contribution < -0.4 is 5.56 Å². The molecule has 124 valence electrons. The van der Waals surface area contributed by atoms with Crippen molar-refractivity contribution in [1.29, 1.82) is 0 Å². The lowest BCUT2D eigenvalue weighted by Crippen LogP contribution is -2.30. The van der Waals surface area contributed by atoms with E-state index in [4.69, 9.17) is 0 Å². The van der Waals surface area contributed by atoms with E-state index < -0.39 is 0 Å². The van der Waals surface area contributed by atoms with Crippen molar-refractivity contribution < 1.29 is 14.3 Å². The van der Waals surface area contributed by atoms with Crippen LogP contribution in [0.15, 0.2) is 22.6 Å². The summed E-state index contributed by atoms with van der Waals surface area (Å²) >= 11 is 1.42. The lowest BCUT2D eigenvalue weighted by atomic mass is 10.3. The van der Waals surface area contributed by atoms with Gasteiger partial charge in [-0.3, -0.25) is 19.0 Å². The largest absolute Gasteiger partial charge is 0.469 e. The summed E-state index contributed by atoms with van der Waals surface area (Å²) in [5, 5.41) is 2.40. The van der Waals surface area contributed by atoms with Crippen molar-refractivity contribution in [2.45, 2.75) is 25.8 Å². The van der Waals surface area contributed by atoms with Crippen molar-refractivity contribution in [1.82, 2.24) is 14.5 Å². The Morgan fingerprint density at radius 3 is 2.91 bits per heavy atom. The molecule has 0 bridgehead atoms. The smallest absolute Gasteiger partial charge is 0.305 e. The van der Waals surface area contributed by atoms with Crippen molar-refractivity contribution in [3.05, 3.63) is 28.1 Å². The summed E-state index contributed by atoms with van der Waals surface area (Å²) in [4.78, 5) is 41.8. The molecule has 0 radical (unpaired) electrons. The third-order valence-corrected chi connectivity index (χ3v) is 4.37. The first kappa shape index (κ1) is 17.1. The summed E-state index contributed by atoms with van der Waals surface area (Å²) in [5.74, 6) is -0.361. The molecule has 7 nitrogen and oxygen atoms in total. The van der Waals surface area contributed by atoms with Crippen molar-refractivity contribution in [3.8, 4) is 0 Å². The van der Waals surface area contributed by atoms with E-state index in [1.807, 2.05) is 5.38 Å². The number of rotatable bonds is 7. The molecule has 0 unspecified atom stereocenters. The SMILES string of the molecule is COC(=O)CCCN(C)C(=O)CCn1cnc2sccc2c1=O. The highest BCUT2D eigenvalue weighted by Crippen LogP contribution is 2.13. The van der Waals surface area contributed by atoms with Gasteiger partial charge in [0, 0.05) is 33.0 Å². The van der Waals surface area contributed by atoms with E-state index in [0.717, 1.165) is 0 Å². The number of methoxy groups -OCH3 is 1. The predicted octanol–water partition coefficient (Wildman–Crippen LogP) is 1.26. The van der Waals surface area contributed by atoms with Crippen LogP contribution in [0.2, 0.25) is 0 Å². The van der Waals surface area contributed by atoms with Gasteiger partial charge >= 0.3 is 5.97 Å². The summed E-state index contributed by atoms with van der Waals surface area (Å²) in [6.45, 7) is 0.766. The summed E-state index contributed by atoms with van der Waals surface area (Å²) in [6, 6.07) is 1.74. The highest BCUT2D eigenvalue weighted by atomic mass is 32.1. The molecule has 0 aromatic carbocycles. The minimum Gasteiger partial charge on any atom is -0.469 e. The number of nitrogens with zero attached hydrogens (tertiary/aromatic N) is 3. The number of aromatic nitrogens is 2. The third-order valence-electron chi connectivity index (χ3n) is 3.54. The number of fused-ring (bicyclic) bond motifs is 1. The van der Waals surface area contributed by atoms with Crippen molar-refractivity contribution in [3.63, 3.8) is 0 Å². The lowest BCUT2D eigenvalue weighted by molar-refractivity contribution is -0.141. The zero-order valence-corrected chi connectivity index (χ0v) is 14.0. The first-order chi connectivity index (χ1) is 11.0. The molecular formula is C15H19N3O4S. The lowest BCUT2D eigenvalue weighted by Gasteiger charge is -2.17. The van der Waals surface area contributed by atoms with E-state index in [2.05, 4.69) is 9.72 Å². The van der Waals surface area contributed by atoms with Gasteiger partial charge in [-0.1, -0.05) is 0 Å². The second-order valence-corrected chi connectivity index (χ2v) is 6.02. The Bertz CT molecular complexity index is 753. The Morgan fingerprint density at radius 2 is 2.17 bits per heavy atom. The predicted molar refractivity (Wildman–Crippen MR) is 87.4 cm³/mol. The van der Waals surface area contributed by atoms with Gasteiger partial charge < -0.3 is 9.64 Å². The fraction of sp³-hybridized carbons (Fsp3) is 0.467. The molecule has 0 N–H and O–H groups in total. The van der Waals surface area contributed by atoms with E-state index in [1.54, 1.807) is 18.0 Å². The average Bonchev–Trinajstić information content (AvgIpc) is 3.03. The zero-order chi connectivity index (χ0) is 16.8. The molecular weight excluding hydrogens is 318 g/mol. The number of carbonyl (C=O) groups excluding carboxylic acids is 2. The molecule has 1 amide bonds. The maximum atomic E-state index is 12.2. The van der Waals surface area contributed by atoms with Gasteiger partial charge in [0.15, 0.2) is 0 Å². The average molecular weight is 337 g/mol. The zero-order valence-electron chi connectivity index (χ0n) is 13.2. The fourth-order valence-electron chi connectivity index (χ4n) is 2.15. The molecule has 0 aliphatic heterocycles. The molecule has 2 heterocycles. The van der Waals surface area contributed by atoms with Crippen LogP contribution in [0, 0.1) is 0 Å². The van der Waals surface area contributed by atoms with Crippen LogP contribution in [0.4, 0.5) is 0 Å². The Balaban J connectivity index is 1.86. The molecule has 23 heavy (non-hydrogen) atoms. The molecule has 2 aromatic heterocycles. The number of aryl methyl sites for hydroxylation is 1. The van der Waals surface area contributed by atoms with Crippen LogP contribution in [0.25, 0.3) is 10.2 Å². The summed E-state index contributed by atoms with van der Waals surface area (Å²) in [7, 11) is 3.02. The first-order valence-electron chi connectivity index (χ1n) is 7.26. The molecule has 2 aromatic rings. The molecule has 0 aliphatic carbocycles. The standard InChI is InChI=1S/C15H19N3O4S/c1-17(7-3-4-13(20)22-2)12(19)5-8-18-10-16-14-11(15(18)21)6-9-23-14/h6,9-10H,3-5,7-8H2,1-2H3. The van der Waals surface area contributed by atoms with E-state index >= 15 is 0 Å². The molecule has 0 saturated carbocycles. The molecule has 0 aliphatic rings. The summed E-state index contributed by atoms with van der Waals surface area (Å²) < 4.78 is 6.01. The number of carbonyl (C=O) groups is 2. The van der Waals surface area contributed by atoms with Gasteiger partial charge in [-0.2, -0.15) is 0 Å². The Hall–Kier alpha value is -2.22.